The summed E-state index contributed by atoms with van der Waals surface area (Å²) in [5.41, 5.74) is -0.657. The molecule has 102 valence electrons. The van der Waals surface area contributed by atoms with Crippen molar-refractivity contribution < 1.29 is 9.59 Å². The van der Waals surface area contributed by atoms with E-state index in [2.05, 4.69) is 10.6 Å². The zero-order valence-corrected chi connectivity index (χ0v) is 11.9. The molecule has 2 N–H and O–H groups in total. The number of carbonyl (C=O) groups is 2. The van der Waals surface area contributed by atoms with Crippen LogP contribution in [0.1, 0.15) is 41.5 Å². The van der Waals surface area contributed by atoms with Crippen LogP contribution >= 0.6 is 0 Å². The summed E-state index contributed by atoms with van der Waals surface area (Å²) in [6, 6.07) is -0.265. The van der Waals surface area contributed by atoms with E-state index < -0.39 is 0 Å². The Morgan fingerprint density at radius 2 is 1.06 bits per heavy atom. The number of carbonyl (C=O) groups excluding carboxylic acids is 2. The van der Waals surface area contributed by atoms with E-state index in [1.165, 1.54) is 0 Å². The smallest absolute Gasteiger partial charge is 0.314 e. The second-order valence-electron chi connectivity index (χ2n) is 6.87. The van der Waals surface area contributed by atoms with Crippen molar-refractivity contribution in [3.8, 4) is 0 Å². The average molecular weight is 254 g/mol. The van der Waals surface area contributed by atoms with Crippen LogP contribution in [0.3, 0.4) is 0 Å². The Balaban J connectivity index is 2.33. The first-order valence-electron chi connectivity index (χ1n) is 6.23. The van der Waals surface area contributed by atoms with E-state index >= 15 is 0 Å². The molecule has 2 atom stereocenters. The topological polar surface area (TPSA) is 64.7 Å². The molecule has 4 amide bonds. The Morgan fingerprint density at radius 3 is 1.28 bits per heavy atom. The predicted molar refractivity (Wildman–Crippen MR) is 67.8 cm³/mol. The van der Waals surface area contributed by atoms with Crippen molar-refractivity contribution in [2.75, 3.05) is 0 Å². The molecule has 2 rings (SSSR count). The fourth-order valence-corrected chi connectivity index (χ4v) is 2.66. The lowest BCUT2D eigenvalue weighted by molar-refractivity contribution is 0.105. The highest BCUT2D eigenvalue weighted by Crippen LogP contribution is 2.31. The molecule has 0 aliphatic carbocycles. The van der Waals surface area contributed by atoms with Gasteiger partial charge in [-0.15, -0.1) is 0 Å². The lowest BCUT2D eigenvalue weighted by atomic mass is 10.0. The monoisotopic (exact) mass is 254 g/mol. The maximum absolute atomic E-state index is 12.1. The molecule has 2 fully saturated rings. The molecule has 6 heteroatoms. The van der Waals surface area contributed by atoms with Crippen molar-refractivity contribution in [2.45, 2.75) is 65.0 Å². The van der Waals surface area contributed by atoms with Crippen LogP contribution in [-0.2, 0) is 0 Å². The molecule has 0 aromatic carbocycles. The van der Waals surface area contributed by atoms with Crippen LogP contribution < -0.4 is 10.6 Å². The van der Waals surface area contributed by atoms with Gasteiger partial charge in [0.2, 0.25) is 0 Å². The van der Waals surface area contributed by atoms with Gasteiger partial charge in [0.1, 0.15) is 12.3 Å². The van der Waals surface area contributed by atoms with Crippen molar-refractivity contribution in [3.05, 3.63) is 0 Å². The molecule has 0 spiro atoms. The van der Waals surface area contributed by atoms with Crippen LogP contribution in [0, 0.1) is 0 Å². The maximum Gasteiger partial charge on any atom is 0.321 e. The number of hydrogen-bond donors (Lipinski definition) is 2. The fraction of sp³-hybridized carbons (Fsp3) is 0.833. The zero-order valence-electron chi connectivity index (χ0n) is 11.9. The van der Waals surface area contributed by atoms with Crippen molar-refractivity contribution in [2.24, 2.45) is 0 Å². The quantitative estimate of drug-likeness (QED) is 0.684. The number of amides is 4. The molecule has 0 aromatic heterocycles. The number of nitrogens with zero attached hydrogens (tertiary/aromatic N) is 2. The summed E-state index contributed by atoms with van der Waals surface area (Å²) >= 11 is 0. The van der Waals surface area contributed by atoms with Crippen LogP contribution in [0.5, 0.6) is 0 Å². The van der Waals surface area contributed by atoms with Gasteiger partial charge in [-0.25, -0.2) is 9.59 Å². The van der Waals surface area contributed by atoms with Crippen molar-refractivity contribution >= 4 is 12.1 Å². The van der Waals surface area contributed by atoms with Gasteiger partial charge >= 0.3 is 12.1 Å². The molecule has 2 saturated heterocycles. The number of hydrogen-bond acceptors (Lipinski definition) is 2. The lowest BCUT2D eigenvalue weighted by Crippen LogP contribution is -2.52. The molecular weight excluding hydrogens is 232 g/mol. The van der Waals surface area contributed by atoms with E-state index in [0.29, 0.717) is 0 Å². The molecule has 0 aromatic rings. The summed E-state index contributed by atoms with van der Waals surface area (Å²) in [6.45, 7) is 11.8. The second-order valence-corrected chi connectivity index (χ2v) is 6.87. The standard InChI is InChI=1S/C12H22N4O2/c1-11(2,3)15-7-8(14-9(15)17)16(10(18)13-7)12(4,5)6/h7-8H,1-6H3,(H,13,18)(H,14,17)/t7-,8-/m1/s1. The Kier molecular flexibility index (Phi) is 2.54. The minimum atomic E-state index is -0.329. The summed E-state index contributed by atoms with van der Waals surface area (Å²) in [4.78, 5) is 27.5. The van der Waals surface area contributed by atoms with Gasteiger partial charge in [0.25, 0.3) is 0 Å². The normalized spacial score (nSPS) is 28.3. The Hall–Kier alpha value is -1.46. The Morgan fingerprint density at radius 1 is 0.778 bits per heavy atom. The first-order valence-corrected chi connectivity index (χ1v) is 6.23. The van der Waals surface area contributed by atoms with E-state index in [1.807, 2.05) is 41.5 Å². The van der Waals surface area contributed by atoms with E-state index in [1.54, 1.807) is 9.80 Å². The highest BCUT2D eigenvalue weighted by atomic mass is 16.2. The first kappa shape index (κ1) is 13.0. The summed E-state index contributed by atoms with van der Waals surface area (Å²) in [5.74, 6) is 0. The van der Waals surface area contributed by atoms with Crippen molar-refractivity contribution in [1.29, 1.82) is 0 Å². The summed E-state index contributed by atoms with van der Waals surface area (Å²) in [6.07, 6.45) is -0.603. The van der Waals surface area contributed by atoms with Crippen LogP contribution in [0.25, 0.3) is 0 Å². The predicted octanol–water partition coefficient (Wildman–Crippen LogP) is 1.29. The van der Waals surface area contributed by atoms with E-state index in [-0.39, 0.29) is 35.5 Å². The van der Waals surface area contributed by atoms with Crippen LogP contribution in [0.2, 0.25) is 0 Å². The molecule has 0 saturated carbocycles. The molecule has 6 nitrogen and oxygen atoms in total. The summed E-state index contributed by atoms with van der Waals surface area (Å²) in [5, 5.41) is 5.78. The third-order valence-corrected chi connectivity index (χ3v) is 3.28. The number of rotatable bonds is 0. The zero-order chi connectivity index (χ0) is 13.9. The van der Waals surface area contributed by atoms with E-state index in [9.17, 15) is 9.59 Å². The van der Waals surface area contributed by atoms with Gasteiger partial charge in [0.15, 0.2) is 0 Å². The molecule has 18 heavy (non-hydrogen) atoms. The number of nitrogens with one attached hydrogen (secondary N) is 2. The molecule has 0 unspecified atom stereocenters. The Bertz CT molecular complexity index is 356. The second kappa shape index (κ2) is 3.52. The number of fused-ring (bicyclic) bond motifs is 1. The Labute approximate surface area is 108 Å². The number of urea groups is 2. The molecular formula is C12H22N4O2. The third kappa shape index (κ3) is 1.79. The van der Waals surface area contributed by atoms with Crippen molar-refractivity contribution in [3.63, 3.8) is 0 Å². The minimum Gasteiger partial charge on any atom is -0.314 e. The van der Waals surface area contributed by atoms with Gasteiger partial charge in [-0.05, 0) is 41.5 Å². The van der Waals surface area contributed by atoms with Crippen molar-refractivity contribution in [1.82, 2.24) is 20.4 Å². The highest BCUT2D eigenvalue weighted by molar-refractivity contribution is 5.85. The van der Waals surface area contributed by atoms with Gasteiger partial charge in [0, 0.05) is 11.1 Å². The minimum absolute atomic E-state index is 0.133. The van der Waals surface area contributed by atoms with Gasteiger partial charge in [-0.3, -0.25) is 9.80 Å². The van der Waals surface area contributed by atoms with Gasteiger partial charge in [0.05, 0.1) is 0 Å². The summed E-state index contributed by atoms with van der Waals surface area (Å²) in [7, 11) is 0. The van der Waals surface area contributed by atoms with Crippen LogP contribution in [-0.4, -0.2) is 45.3 Å². The molecule has 2 aliphatic rings. The first-order chi connectivity index (χ1) is 8.03. The van der Waals surface area contributed by atoms with Gasteiger partial charge in [-0.2, -0.15) is 0 Å². The molecule has 2 heterocycles. The van der Waals surface area contributed by atoms with E-state index in [4.69, 9.17) is 0 Å². The molecule has 2 aliphatic heterocycles. The molecule has 0 bridgehead atoms. The fourth-order valence-electron chi connectivity index (χ4n) is 2.66. The lowest BCUT2D eigenvalue weighted by Gasteiger charge is -2.35. The third-order valence-electron chi connectivity index (χ3n) is 3.28. The SMILES string of the molecule is CC(C)(C)N1C(=O)N[C@H]2[C@@H]1NC(=O)N2C(C)(C)C. The summed E-state index contributed by atoms with van der Waals surface area (Å²) < 4.78 is 0. The maximum atomic E-state index is 12.1. The largest absolute Gasteiger partial charge is 0.321 e. The van der Waals surface area contributed by atoms with Crippen LogP contribution in [0.15, 0.2) is 0 Å². The highest BCUT2D eigenvalue weighted by Gasteiger charge is 2.55. The van der Waals surface area contributed by atoms with Crippen LogP contribution in [0.4, 0.5) is 9.59 Å². The van der Waals surface area contributed by atoms with Gasteiger partial charge < -0.3 is 10.6 Å². The van der Waals surface area contributed by atoms with Gasteiger partial charge in [-0.1, -0.05) is 0 Å². The van der Waals surface area contributed by atoms with E-state index in [0.717, 1.165) is 0 Å². The molecule has 0 radical (unpaired) electrons. The average Bonchev–Trinajstić information content (AvgIpc) is 2.52.